The third-order valence-electron chi connectivity index (χ3n) is 1.28. The van der Waals surface area contributed by atoms with E-state index in [4.69, 9.17) is 0 Å². The van der Waals surface area contributed by atoms with E-state index in [1.165, 1.54) is 5.57 Å². The molecule has 0 saturated carbocycles. The van der Waals surface area contributed by atoms with E-state index in [1.54, 1.807) is 0 Å². The molecule has 1 heteroatoms. The molecule has 0 aliphatic heterocycles. The number of carbonyl (C=O) groups is 1. The molecule has 0 unspecified atom stereocenters. The van der Waals surface area contributed by atoms with Gasteiger partial charge in [0.2, 0.25) is 0 Å². The lowest BCUT2D eigenvalue weighted by molar-refractivity contribution is -0.107. The standard InChI is InChI=1S/C9H14O.C2H6/c1-3-6-9(4-2)7-5-8-10;1-2/h4,6,8H,2-3,5,7H2,1H3;1-2H3/b9-6+;. The van der Waals surface area contributed by atoms with Crippen LogP contribution in [0.4, 0.5) is 0 Å². The zero-order valence-corrected chi connectivity index (χ0v) is 8.47. The lowest BCUT2D eigenvalue weighted by Gasteiger charge is -1.94. The lowest BCUT2D eigenvalue weighted by atomic mass is 10.1. The maximum absolute atomic E-state index is 9.97. The van der Waals surface area contributed by atoms with Crippen LogP contribution in [0.5, 0.6) is 0 Å². The molecule has 0 heterocycles. The number of hydrogen-bond donors (Lipinski definition) is 0. The van der Waals surface area contributed by atoms with Crippen LogP contribution < -0.4 is 0 Å². The van der Waals surface area contributed by atoms with Gasteiger partial charge < -0.3 is 4.79 Å². The molecule has 0 radical (unpaired) electrons. The summed E-state index contributed by atoms with van der Waals surface area (Å²) in [6.45, 7) is 9.72. The van der Waals surface area contributed by atoms with Crippen molar-refractivity contribution < 1.29 is 4.79 Å². The predicted octanol–water partition coefficient (Wildman–Crippen LogP) is 3.51. The van der Waals surface area contributed by atoms with Crippen molar-refractivity contribution in [3.05, 3.63) is 24.3 Å². The third kappa shape index (κ3) is 9.15. The topological polar surface area (TPSA) is 17.1 Å². The second kappa shape index (κ2) is 12.8. The van der Waals surface area contributed by atoms with Gasteiger partial charge in [-0.25, -0.2) is 0 Å². The maximum Gasteiger partial charge on any atom is 0.120 e. The molecule has 0 rings (SSSR count). The van der Waals surface area contributed by atoms with Crippen LogP contribution in [0.15, 0.2) is 24.3 Å². The molecule has 70 valence electrons. The van der Waals surface area contributed by atoms with Crippen LogP contribution in [-0.2, 0) is 4.79 Å². The molecule has 0 aliphatic rings. The van der Waals surface area contributed by atoms with Crippen molar-refractivity contribution in [2.24, 2.45) is 0 Å². The number of aldehydes is 1. The van der Waals surface area contributed by atoms with E-state index >= 15 is 0 Å². The molecule has 0 spiro atoms. The Balaban J connectivity index is 0. The summed E-state index contributed by atoms with van der Waals surface area (Å²) in [5.41, 5.74) is 1.18. The Kier molecular flexibility index (Phi) is 14.6. The summed E-state index contributed by atoms with van der Waals surface area (Å²) in [4.78, 5) is 9.97. The van der Waals surface area contributed by atoms with Crippen molar-refractivity contribution in [3.63, 3.8) is 0 Å². The largest absolute Gasteiger partial charge is 0.303 e. The Morgan fingerprint density at radius 1 is 1.42 bits per heavy atom. The molecule has 0 aromatic heterocycles. The molecule has 0 aromatic carbocycles. The van der Waals surface area contributed by atoms with Gasteiger partial charge in [-0.2, -0.15) is 0 Å². The molecular formula is C11H20O. The summed E-state index contributed by atoms with van der Waals surface area (Å²) >= 11 is 0. The smallest absolute Gasteiger partial charge is 0.120 e. The van der Waals surface area contributed by atoms with E-state index in [9.17, 15) is 4.79 Å². The van der Waals surface area contributed by atoms with Crippen molar-refractivity contribution in [1.82, 2.24) is 0 Å². The first-order chi connectivity index (χ1) is 5.85. The van der Waals surface area contributed by atoms with E-state index in [0.29, 0.717) is 6.42 Å². The minimum Gasteiger partial charge on any atom is -0.303 e. The summed E-state index contributed by atoms with van der Waals surface area (Å²) in [6.07, 6.45) is 7.30. The summed E-state index contributed by atoms with van der Waals surface area (Å²) in [5.74, 6) is 0. The van der Waals surface area contributed by atoms with E-state index in [2.05, 4.69) is 19.6 Å². The van der Waals surface area contributed by atoms with Crippen molar-refractivity contribution >= 4 is 6.29 Å². The van der Waals surface area contributed by atoms with Crippen LogP contribution in [-0.4, -0.2) is 6.29 Å². The minimum absolute atomic E-state index is 0.609. The molecule has 0 amide bonds. The average Bonchev–Trinajstić information content (AvgIpc) is 2.15. The number of hydrogen-bond acceptors (Lipinski definition) is 1. The van der Waals surface area contributed by atoms with Gasteiger partial charge in [0.15, 0.2) is 0 Å². The van der Waals surface area contributed by atoms with Crippen LogP contribution in [0, 0.1) is 0 Å². The van der Waals surface area contributed by atoms with E-state index in [1.807, 2.05) is 19.9 Å². The van der Waals surface area contributed by atoms with Crippen molar-refractivity contribution in [2.75, 3.05) is 0 Å². The maximum atomic E-state index is 9.97. The van der Waals surface area contributed by atoms with Crippen LogP contribution >= 0.6 is 0 Å². The average molecular weight is 168 g/mol. The second-order valence-corrected chi connectivity index (χ2v) is 2.10. The Morgan fingerprint density at radius 3 is 2.33 bits per heavy atom. The number of rotatable bonds is 5. The zero-order valence-electron chi connectivity index (χ0n) is 8.47. The first kappa shape index (κ1) is 13.7. The quantitative estimate of drug-likeness (QED) is 0.453. The predicted molar refractivity (Wildman–Crippen MR) is 55.2 cm³/mol. The Bertz CT molecular complexity index is 134. The van der Waals surface area contributed by atoms with Gasteiger partial charge in [0.1, 0.15) is 6.29 Å². The van der Waals surface area contributed by atoms with Gasteiger partial charge in [0.05, 0.1) is 0 Å². The molecular weight excluding hydrogens is 148 g/mol. The van der Waals surface area contributed by atoms with Gasteiger partial charge in [0.25, 0.3) is 0 Å². The van der Waals surface area contributed by atoms with Gasteiger partial charge in [-0.1, -0.05) is 45.1 Å². The molecule has 0 aromatic rings. The van der Waals surface area contributed by atoms with Crippen LogP contribution in [0.1, 0.15) is 40.0 Å². The second-order valence-electron chi connectivity index (χ2n) is 2.10. The SMILES string of the molecule is C=C/C(=C\CC)CCC=O.CC. The first-order valence-electron chi connectivity index (χ1n) is 4.60. The fourth-order valence-corrected chi connectivity index (χ4v) is 0.775. The summed E-state index contributed by atoms with van der Waals surface area (Å²) < 4.78 is 0. The van der Waals surface area contributed by atoms with Crippen LogP contribution in [0.25, 0.3) is 0 Å². The number of carbonyl (C=O) groups excluding carboxylic acids is 1. The molecule has 0 bridgehead atoms. The van der Waals surface area contributed by atoms with Crippen LogP contribution in [0.3, 0.4) is 0 Å². The lowest BCUT2D eigenvalue weighted by Crippen LogP contribution is -1.79. The normalized spacial score (nSPS) is 9.75. The molecule has 0 N–H and O–H groups in total. The first-order valence-corrected chi connectivity index (χ1v) is 4.60. The van der Waals surface area contributed by atoms with Gasteiger partial charge in [0, 0.05) is 6.42 Å². The highest BCUT2D eigenvalue weighted by atomic mass is 16.1. The monoisotopic (exact) mass is 168 g/mol. The Hall–Kier alpha value is -0.850. The highest BCUT2D eigenvalue weighted by Gasteiger charge is 1.88. The molecule has 1 nitrogen and oxygen atoms in total. The molecule has 12 heavy (non-hydrogen) atoms. The summed E-state index contributed by atoms with van der Waals surface area (Å²) in [5, 5.41) is 0. The number of allylic oxidation sites excluding steroid dienone is 3. The molecule has 0 atom stereocenters. The van der Waals surface area contributed by atoms with Gasteiger partial charge in [-0.05, 0) is 12.8 Å². The van der Waals surface area contributed by atoms with Gasteiger partial charge in [-0.15, -0.1) is 0 Å². The molecule has 0 saturated heterocycles. The highest BCUT2D eigenvalue weighted by molar-refractivity contribution is 5.50. The zero-order chi connectivity index (χ0) is 9.82. The molecule has 0 aliphatic carbocycles. The van der Waals surface area contributed by atoms with Crippen molar-refractivity contribution in [2.45, 2.75) is 40.0 Å². The van der Waals surface area contributed by atoms with E-state index < -0.39 is 0 Å². The van der Waals surface area contributed by atoms with Crippen molar-refractivity contribution in [3.8, 4) is 0 Å². The van der Waals surface area contributed by atoms with Gasteiger partial charge in [-0.3, -0.25) is 0 Å². The third-order valence-corrected chi connectivity index (χ3v) is 1.28. The Morgan fingerprint density at radius 2 is 2.00 bits per heavy atom. The van der Waals surface area contributed by atoms with Crippen LogP contribution in [0.2, 0.25) is 0 Å². The fraction of sp³-hybridized carbons (Fsp3) is 0.545. The molecule has 0 fully saturated rings. The minimum atomic E-state index is 0.609. The fourth-order valence-electron chi connectivity index (χ4n) is 0.775. The van der Waals surface area contributed by atoms with E-state index in [-0.39, 0.29) is 0 Å². The van der Waals surface area contributed by atoms with Crippen molar-refractivity contribution in [1.29, 1.82) is 0 Å². The highest BCUT2D eigenvalue weighted by Crippen LogP contribution is 2.05. The van der Waals surface area contributed by atoms with Gasteiger partial charge >= 0.3 is 0 Å². The summed E-state index contributed by atoms with van der Waals surface area (Å²) in [6, 6.07) is 0. The van der Waals surface area contributed by atoms with E-state index in [0.717, 1.165) is 19.1 Å². The Labute approximate surface area is 76.2 Å². The summed E-state index contributed by atoms with van der Waals surface area (Å²) in [7, 11) is 0.